The largest absolute Gasteiger partial charge is 0.337 e. The van der Waals surface area contributed by atoms with Crippen molar-refractivity contribution in [3.05, 3.63) is 35.9 Å². The van der Waals surface area contributed by atoms with E-state index in [1.807, 2.05) is 37.3 Å². The molecule has 1 aliphatic carbocycles. The van der Waals surface area contributed by atoms with Gasteiger partial charge in [-0.05, 0) is 42.6 Å². The standard InChI is InChI=1S/C23H33N3O3/c1-5-11-25(14-18-9-7-6-8-10-18)19(27)15-26-20(28)23(24-21(26)29)13-17(2)12-22(3,4)16-23/h6-10,17H,5,11-16H2,1-4H3,(H,24,29). The number of hydrogen-bond donors (Lipinski definition) is 1. The summed E-state index contributed by atoms with van der Waals surface area (Å²) in [5.41, 5.74) is 0.140. The molecular formula is C23H33N3O3. The van der Waals surface area contributed by atoms with E-state index in [0.29, 0.717) is 31.8 Å². The van der Waals surface area contributed by atoms with Gasteiger partial charge in [0.25, 0.3) is 5.91 Å². The molecule has 1 N–H and O–H groups in total. The van der Waals surface area contributed by atoms with Crippen molar-refractivity contribution < 1.29 is 14.4 Å². The van der Waals surface area contributed by atoms with E-state index < -0.39 is 11.6 Å². The second kappa shape index (κ2) is 8.17. The first-order valence-electron chi connectivity index (χ1n) is 10.6. The number of rotatable bonds is 6. The second-order valence-electron chi connectivity index (χ2n) is 9.56. The van der Waals surface area contributed by atoms with E-state index in [2.05, 4.69) is 26.1 Å². The van der Waals surface area contributed by atoms with Crippen molar-refractivity contribution in [1.82, 2.24) is 15.1 Å². The second-order valence-corrected chi connectivity index (χ2v) is 9.56. The number of nitrogens with one attached hydrogen (secondary N) is 1. The molecule has 6 heteroatoms. The summed E-state index contributed by atoms with van der Waals surface area (Å²) >= 11 is 0. The highest BCUT2D eigenvalue weighted by atomic mass is 16.2. The van der Waals surface area contributed by atoms with E-state index in [0.717, 1.165) is 23.3 Å². The van der Waals surface area contributed by atoms with Gasteiger partial charge >= 0.3 is 6.03 Å². The lowest BCUT2D eigenvalue weighted by molar-refractivity contribution is -0.141. The normalized spacial score (nSPS) is 25.9. The van der Waals surface area contributed by atoms with Gasteiger partial charge in [0.2, 0.25) is 5.91 Å². The molecule has 0 aromatic heterocycles. The smallest absolute Gasteiger partial charge is 0.325 e. The third kappa shape index (κ3) is 4.62. The molecule has 1 heterocycles. The molecule has 4 amide bonds. The van der Waals surface area contributed by atoms with Crippen LogP contribution in [0, 0.1) is 11.3 Å². The molecule has 0 bridgehead atoms. The van der Waals surface area contributed by atoms with Crippen molar-refractivity contribution >= 4 is 17.8 Å². The van der Waals surface area contributed by atoms with E-state index in [9.17, 15) is 14.4 Å². The van der Waals surface area contributed by atoms with Gasteiger partial charge in [0.1, 0.15) is 12.1 Å². The van der Waals surface area contributed by atoms with Gasteiger partial charge < -0.3 is 10.2 Å². The monoisotopic (exact) mass is 399 g/mol. The topological polar surface area (TPSA) is 69.7 Å². The number of carbonyl (C=O) groups excluding carboxylic acids is 3. The average Bonchev–Trinajstić information content (AvgIpc) is 2.83. The number of nitrogens with zero attached hydrogens (tertiary/aromatic N) is 2. The van der Waals surface area contributed by atoms with E-state index in [-0.39, 0.29) is 23.8 Å². The van der Waals surface area contributed by atoms with Crippen molar-refractivity contribution in [3.63, 3.8) is 0 Å². The Labute approximate surface area is 173 Å². The van der Waals surface area contributed by atoms with Crippen LogP contribution in [0.5, 0.6) is 0 Å². The maximum absolute atomic E-state index is 13.3. The van der Waals surface area contributed by atoms with Crippen molar-refractivity contribution in [1.29, 1.82) is 0 Å². The minimum Gasteiger partial charge on any atom is -0.337 e. The summed E-state index contributed by atoms with van der Waals surface area (Å²) in [7, 11) is 0. The molecule has 29 heavy (non-hydrogen) atoms. The third-order valence-corrected chi connectivity index (χ3v) is 5.98. The van der Waals surface area contributed by atoms with Gasteiger partial charge in [-0.25, -0.2) is 4.79 Å². The number of amides is 4. The maximum Gasteiger partial charge on any atom is 0.325 e. The predicted octanol–water partition coefficient (Wildman–Crippen LogP) is 3.56. The number of hydrogen-bond acceptors (Lipinski definition) is 3. The van der Waals surface area contributed by atoms with Gasteiger partial charge in [0.15, 0.2) is 0 Å². The van der Waals surface area contributed by atoms with Crippen molar-refractivity contribution in [2.24, 2.45) is 11.3 Å². The molecule has 1 spiro atoms. The third-order valence-electron chi connectivity index (χ3n) is 5.98. The number of imide groups is 1. The molecule has 1 aliphatic heterocycles. The summed E-state index contributed by atoms with van der Waals surface area (Å²) in [4.78, 5) is 41.8. The van der Waals surface area contributed by atoms with E-state index in [4.69, 9.17) is 0 Å². The van der Waals surface area contributed by atoms with Crippen molar-refractivity contribution in [2.45, 2.75) is 65.5 Å². The summed E-state index contributed by atoms with van der Waals surface area (Å²) in [5, 5.41) is 2.95. The molecular weight excluding hydrogens is 366 g/mol. The van der Waals surface area contributed by atoms with Crippen LogP contribution in [-0.4, -0.2) is 46.3 Å². The zero-order valence-corrected chi connectivity index (χ0v) is 18.0. The first-order valence-corrected chi connectivity index (χ1v) is 10.6. The lowest BCUT2D eigenvalue weighted by Crippen LogP contribution is -2.54. The van der Waals surface area contributed by atoms with Crippen molar-refractivity contribution in [2.75, 3.05) is 13.1 Å². The Bertz CT molecular complexity index is 777. The number of benzene rings is 1. The molecule has 1 saturated carbocycles. The fourth-order valence-corrected chi connectivity index (χ4v) is 5.25. The first-order chi connectivity index (χ1) is 13.7. The predicted molar refractivity (Wildman–Crippen MR) is 112 cm³/mol. The van der Waals surface area contributed by atoms with Crippen LogP contribution in [0.15, 0.2) is 30.3 Å². The lowest BCUT2D eigenvalue weighted by Gasteiger charge is -2.43. The van der Waals surface area contributed by atoms with Gasteiger partial charge in [0.05, 0.1) is 0 Å². The SMILES string of the molecule is CCCN(Cc1ccccc1)C(=O)CN1C(=O)NC2(CC(C)CC(C)(C)C2)C1=O. The van der Waals surface area contributed by atoms with Crippen LogP contribution in [0.1, 0.15) is 58.9 Å². The molecule has 6 nitrogen and oxygen atoms in total. The van der Waals surface area contributed by atoms with E-state index in [1.54, 1.807) is 4.90 Å². The number of carbonyl (C=O) groups is 3. The van der Waals surface area contributed by atoms with Crippen LogP contribution >= 0.6 is 0 Å². The Balaban J connectivity index is 1.73. The highest BCUT2D eigenvalue weighted by Crippen LogP contribution is 2.46. The Kier molecular flexibility index (Phi) is 6.01. The molecule has 1 aromatic carbocycles. The average molecular weight is 400 g/mol. The highest BCUT2D eigenvalue weighted by molar-refractivity contribution is 6.09. The Morgan fingerprint density at radius 1 is 1.21 bits per heavy atom. The Morgan fingerprint density at radius 2 is 1.90 bits per heavy atom. The lowest BCUT2D eigenvalue weighted by atomic mass is 9.64. The minimum absolute atomic E-state index is 0.0256. The van der Waals surface area contributed by atoms with Crippen molar-refractivity contribution in [3.8, 4) is 0 Å². The van der Waals surface area contributed by atoms with Crippen LogP contribution in [0.25, 0.3) is 0 Å². The van der Waals surface area contributed by atoms with Crippen LogP contribution in [0.3, 0.4) is 0 Å². The van der Waals surface area contributed by atoms with Gasteiger partial charge in [-0.1, -0.05) is 58.0 Å². The molecule has 2 fully saturated rings. The quantitative estimate of drug-likeness (QED) is 0.744. The Hall–Kier alpha value is -2.37. The summed E-state index contributed by atoms with van der Waals surface area (Å²) in [6.07, 6.45) is 3.09. The molecule has 1 aromatic rings. The first kappa shape index (κ1) is 21.3. The minimum atomic E-state index is -0.868. The van der Waals surface area contributed by atoms with Crippen LogP contribution < -0.4 is 5.32 Å². The van der Waals surface area contributed by atoms with Gasteiger partial charge in [0, 0.05) is 13.1 Å². The molecule has 2 aliphatic rings. The zero-order valence-electron chi connectivity index (χ0n) is 18.0. The molecule has 2 atom stereocenters. The fraction of sp³-hybridized carbons (Fsp3) is 0.609. The maximum atomic E-state index is 13.3. The van der Waals surface area contributed by atoms with Gasteiger partial charge in [-0.15, -0.1) is 0 Å². The zero-order chi connectivity index (χ0) is 21.2. The molecule has 0 radical (unpaired) electrons. The molecule has 158 valence electrons. The highest BCUT2D eigenvalue weighted by Gasteiger charge is 2.56. The molecule has 2 unspecified atom stereocenters. The fourth-order valence-electron chi connectivity index (χ4n) is 5.25. The van der Waals surface area contributed by atoms with Gasteiger partial charge in [-0.2, -0.15) is 0 Å². The van der Waals surface area contributed by atoms with E-state index in [1.165, 1.54) is 0 Å². The van der Waals surface area contributed by atoms with E-state index >= 15 is 0 Å². The Morgan fingerprint density at radius 3 is 2.52 bits per heavy atom. The summed E-state index contributed by atoms with van der Waals surface area (Å²) in [6, 6.07) is 9.33. The summed E-state index contributed by atoms with van der Waals surface area (Å²) < 4.78 is 0. The van der Waals surface area contributed by atoms with Crippen LogP contribution in [0.4, 0.5) is 4.79 Å². The van der Waals surface area contributed by atoms with Crippen LogP contribution in [-0.2, 0) is 16.1 Å². The summed E-state index contributed by atoms with van der Waals surface area (Å²) in [6.45, 7) is 9.28. The summed E-state index contributed by atoms with van der Waals surface area (Å²) in [5.74, 6) is -0.0978. The number of urea groups is 1. The van der Waals surface area contributed by atoms with Crippen LogP contribution in [0.2, 0.25) is 0 Å². The van der Waals surface area contributed by atoms with Gasteiger partial charge in [-0.3, -0.25) is 14.5 Å². The molecule has 3 rings (SSSR count). The molecule has 1 saturated heterocycles.